The Bertz CT molecular complexity index is 480. The van der Waals surface area contributed by atoms with E-state index in [-0.39, 0.29) is 6.04 Å². The lowest BCUT2D eigenvalue weighted by molar-refractivity contribution is 0.654. The maximum atomic E-state index is 6.12. The van der Waals surface area contributed by atoms with Crippen LogP contribution in [0.15, 0.2) is 35.5 Å². The molecule has 0 aromatic carbocycles. The quantitative estimate of drug-likeness (QED) is 0.933. The van der Waals surface area contributed by atoms with Crippen molar-refractivity contribution in [2.24, 2.45) is 12.8 Å². The van der Waals surface area contributed by atoms with Crippen LogP contribution in [0.3, 0.4) is 0 Å². The summed E-state index contributed by atoms with van der Waals surface area (Å²) in [6, 6.07) is 1.98. The van der Waals surface area contributed by atoms with Crippen molar-refractivity contribution in [1.29, 1.82) is 0 Å². The molecule has 0 saturated carbocycles. The lowest BCUT2D eigenvalue weighted by Crippen LogP contribution is -2.16. The molecule has 2 heterocycles. The summed E-state index contributed by atoms with van der Waals surface area (Å²) in [5.41, 5.74) is 8.26. The Kier molecular flexibility index (Phi) is 3.36. The van der Waals surface area contributed by atoms with Gasteiger partial charge in [-0.1, -0.05) is 0 Å². The van der Waals surface area contributed by atoms with Gasteiger partial charge in [0.05, 0.1) is 18.1 Å². The van der Waals surface area contributed by atoms with Gasteiger partial charge >= 0.3 is 0 Å². The molecule has 0 aliphatic heterocycles. The average molecular weight is 281 g/mol. The molecule has 2 aromatic rings. The number of aryl methyl sites for hydroxylation is 1. The molecule has 84 valence electrons. The van der Waals surface area contributed by atoms with Crippen LogP contribution in [0, 0.1) is 0 Å². The number of imidazole rings is 1. The molecule has 16 heavy (non-hydrogen) atoms. The highest BCUT2D eigenvalue weighted by atomic mass is 79.9. The second kappa shape index (κ2) is 4.76. The van der Waals surface area contributed by atoms with E-state index < -0.39 is 0 Å². The van der Waals surface area contributed by atoms with E-state index in [1.807, 2.05) is 23.9 Å². The summed E-state index contributed by atoms with van der Waals surface area (Å²) in [6.45, 7) is 0. The molecule has 0 spiro atoms. The van der Waals surface area contributed by atoms with Crippen LogP contribution >= 0.6 is 15.9 Å². The molecule has 0 saturated heterocycles. The first-order valence-corrected chi connectivity index (χ1v) is 5.77. The zero-order valence-corrected chi connectivity index (χ0v) is 10.6. The van der Waals surface area contributed by atoms with Gasteiger partial charge in [-0.3, -0.25) is 4.98 Å². The Labute approximate surface area is 103 Å². The molecular formula is C11H13BrN4. The number of hydrogen-bond donors (Lipinski definition) is 1. The Balaban J connectivity index is 2.14. The normalized spacial score (nSPS) is 12.7. The van der Waals surface area contributed by atoms with E-state index in [1.165, 1.54) is 0 Å². The van der Waals surface area contributed by atoms with Crippen LogP contribution in [0.5, 0.6) is 0 Å². The highest BCUT2D eigenvalue weighted by Crippen LogP contribution is 2.17. The SMILES string of the molecule is Cn1cncc1C(N)Cc1cncc(Br)c1. The molecule has 1 unspecified atom stereocenters. The molecule has 0 radical (unpaired) electrons. The predicted molar refractivity (Wildman–Crippen MR) is 65.8 cm³/mol. The van der Waals surface area contributed by atoms with Gasteiger partial charge in [-0.25, -0.2) is 4.98 Å². The van der Waals surface area contributed by atoms with Crippen molar-refractivity contribution in [3.8, 4) is 0 Å². The summed E-state index contributed by atoms with van der Waals surface area (Å²) in [5.74, 6) is 0. The molecule has 0 aliphatic carbocycles. The number of nitrogens with two attached hydrogens (primary N) is 1. The van der Waals surface area contributed by atoms with Gasteiger partial charge in [0, 0.05) is 30.1 Å². The second-order valence-corrected chi connectivity index (χ2v) is 4.67. The van der Waals surface area contributed by atoms with Crippen molar-refractivity contribution < 1.29 is 0 Å². The lowest BCUT2D eigenvalue weighted by Gasteiger charge is -2.12. The van der Waals surface area contributed by atoms with Crippen LogP contribution in [0.25, 0.3) is 0 Å². The molecule has 5 heteroatoms. The molecule has 2 rings (SSSR count). The number of pyridine rings is 1. The van der Waals surface area contributed by atoms with Crippen LogP contribution < -0.4 is 5.73 Å². The van der Waals surface area contributed by atoms with Crippen molar-refractivity contribution in [3.63, 3.8) is 0 Å². The minimum absolute atomic E-state index is 0.0522. The van der Waals surface area contributed by atoms with E-state index in [2.05, 4.69) is 25.9 Å². The van der Waals surface area contributed by atoms with Crippen LogP contribution in [-0.2, 0) is 13.5 Å². The maximum Gasteiger partial charge on any atom is 0.0946 e. The molecule has 2 N–H and O–H groups in total. The molecule has 0 bridgehead atoms. The third kappa shape index (κ3) is 2.48. The summed E-state index contributed by atoms with van der Waals surface area (Å²) in [6.07, 6.45) is 7.91. The van der Waals surface area contributed by atoms with Gasteiger partial charge in [0.15, 0.2) is 0 Å². The van der Waals surface area contributed by atoms with Crippen LogP contribution in [0.1, 0.15) is 17.3 Å². The van der Waals surface area contributed by atoms with Gasteiger partial charge in [-0.15, -0.1) is 0 Å². The van der Waals surface area contributed by atoms with Gasteiger partial charge < -0.3 is 10.3 Å². The third-order valence-corrected chi connectivity index (χ3v) is 2.88. The van der Waals surface area contributed by atoms with Crippen molar-refractivity contribution in [2.75, 3.05) is 0 Å². The summed E-state index contributed by atoms with van der Waals surface area (Å²) in [4.78, 5) is 8.18. The molecule has 0 amide bonds. The zero-order chi connectivity index (χ0) is 11.5. The summed E-state index contributed by atoms with van der Waals surface area (Å²) >= 11 is 3.39. The number of rotatable bonds is 3. The van der Waals surface area contributed by atoms with E-state index in [9.17, 15) is 0 Å². The molecule has 2 aromatic heterocycles. The largest absolute Gasteiger partial charge is 0.336 e. The van der Waals surface area contributed by atoms with Gasteiger partial charge in [-0.05, 0) is 34.0 Å². The van der Waals surface area contributed by atoms with Crippen molar-refractivity contribution in [1.82, 2.24) is 14.5 Å². The fourth-order valence-electron chi connectivity index (χ4n) is 1.65. The third-order valence-electron chi connectivity index (χ3n) is 2.45. The highest BCUT2D eigenvalue weighted by molar-refractivity contribution is 9.10. The average Bonchev–Trinajstić information content (AvgIpc) is 2.64. The Morgan fingerprint density at radius 2 is 2.19 bits per heavy atom. The Morgan fingerprint density at radius 1 is 1.38 bits per heavy atom. The van der Waals surface area contributed by atoms with Gasteiger partial charge in [0.1, 0.15) is 0 Å². The molecule has 0 aliphatic rings. The number of hydrogen-bond acceptors (Lipinski definition) is 3. The van der Waals surface area contributed by atoms with E-state index >= 15 is 0 Å². The first-order valence-electron chi connectivity index (χ1n) is 4.98. The topological polar surface area (TPSA) is 56.7 Å². The smallest absolute Gasteiger partial charge is 0.0946 e. The van der Waals surface area contributed by atoms with E-state index in [4.69, 9.17) is 5.73 Å². The van der Waals surface area contributed by atoms with Gasteiger partial charge in [-0.2, -0.15) is 0 Å². The van der Waals surface area contributed by atoms with Crippen LogP contribution in [0.4, 0.5) is 0 Å². The maximum absolute atomic E-state index is 6.12. The van der Waals surface area contributed by atoms with E-state index in [0.29, 0.717) is 0 Å². The van der Waals surface area contributed by atoms with Gasteiger partial charge in [0.2, 0.25) is 0 Å². The van der Waals surface area contributed by atoms with Crippen LogP contribution in [-0.4, -0.2) is 14.5 Å². The van der Waals surface area contributed by atoms with Gasteiger partial charge in [0.25, 0.3) is 0 Å². The first kappa shape index (κ1) is 11.3. The minimum atomic E-state index is -0.0522. The Hall–Kier alpha value is -1.20. The first-order chi connectivity index (χ1) is 7.66. The predicted octanol–water partition coefficient (Wildman–Crippen LogP) is 1.82. The molecular weight excluding hydrogens is 268 g/mol. The Morgan fingerprint density at radius 3 is 2.81 bits per heavy atom. The zero-order valence-electron chi connectivity index (χ0n) is 8.97. The number of halogens is 1. The highest BCUT2D eigenvalue weighted by Gasteiger charge is 2.10. The van der Waals surface area contributed by atoms with Crippen molar-refractivity contribution >= 4 is 15.9 Å². The fourth-order valence-corrected chi connectivity index (χ4v) is 2.06. The molecule has 0 fully saturated rings. The molecule has 4 nitrogen and oxygen atoms in total. The fraction of sp³-hybridized carbons (Fsp3) is 0.273. The van der Waals surface area contributed by atoms with Crippen molar-refractivity contribution in [2.45, 2.75) is 12.5 Å². The summed E-state index contributed by atoms with van der Waals surface area (Å²) in [7, 11) is 1.95. The monoisotopic (exact) mass is 280 g/mol. The lowest BCUT2D eigenvalue weighted by atomic mass is 10.1. The summed E-state index contributed by atoms with van der Waals surface area (Å²) in [5, 5.41) is 0. The summed E-state index contributed by atoms with van der Waals surface area (Å²) < 4.78 is 2.91. The van der Waals surface area contributed by atoms with E-state index in [0.717, 1.165) is 22.2 Å². The van der Waals surface area contributed by atoms with E-state index in [1.54, 1.807) is 18.7 Å². The minimum Gasteiger partial charge on any atom is -0.336 e. The second-order valence-electron chi connectivity index (χ2n) is 3.75. The van der Waals surface area contributed by atoms with Crippen molar-refractivity contribution in [3.05, 3.63) is 46.7 Å². The standard InChI is InChI=1S/C11H13BrN4/c1-16-7-15-6-11(16)10(13)3-8-2-9(12)5-14-4-8/h2,4-7,10H,3,13H2,1H3. The van der Waals surface area contributed by atoms with Crippen LogP contribution in [0.2, 0.25) is 0 Å². The number of nitrogens with zero attached hydrogens (tertiary/aromatic N) is 3. The number of aromatic nitrogens is 3. The molecule has 1 atom stereocenters.